The van der Waals surface area contributed by atoms with Crippen molar-refractivity contribution in [2.24, 2.45) is 7.05 Å². The standard InChI is InChI=1S/C28H30F4N6O2/c1-26(29)6-8-36(9-7-26)13-19-10-22(28(30,31)32)23-15-37(25(39)38(23)14-19)21-5-3-4-20(11-21)27(16-40-17-27)12-24-34-33-18-35(24)2/h3-5,10-11,14-15,18H,6-9,12-13,16-17H2,1-2H3. The first kappa shape index (κ1) is 26.7. The molecule has 12 heteroatoms. The molecule has 2 aliphatic rings. The lowest BCUT2D eigenvalue weighted by molar-refractivity contribution is -0.136. The normalized spacial score (nSPS) is 19.1. The number of fused-ring (bicyclic) bond motifs is 1. The lowest BCUT2D eigenvalue weighted by Gasteiger charge is -2.41. The Morgan fingerprint density at radius 1 is 1.10 bits per heavy atom. The highest BCUT2D eigenvalue weighted by Crippen LogP contribution is 2.37. The van der Waals surface area contributed by atoms with Gasteiger partial charge in [-0.05, 0) is 49.1 Å². The molecular formula is C28H30F4N6O2. The molecule has 4 aromatic rings. The Labute approximate surface area is 227 Å². The predicted molar refractivity (Wildman–Crippen MR) is 139 cm³/mol. The summed E-state index contributed by atoms with van der Waals surface area (Å²) in [6.45, 7) is 3.53. The van der Waals surface area contributed by atoms with Crippen molar-refractivity contribution in [2.45, 2.75) is 50.0 Å². The Kier molecular flexibility index (Phi) is 6.37. The highest BCUT2D eigenvalue weighted by atomic mass is 19.4. The molecule has 0 N–H and O–H groups in total. The minimum absolute atomic E-state index is 0.201. The summed E-state index contributed by atoms with van der Waals surface area (Å²) in [6.07, 6.45) is 0.876. The van der Waals surface area contributed by atoms with Gasteiger partial charge in [0, 0.05) is 50.9 Å². The molecule has 3 aromatic heterocycles. The van der Waals surface area contributed by atoms with Gasteiger partial charge in [-0.3, -0.25) is 13.9 Å². The third-order valence-electron chi connectivity index (χ3n) is 8.23. The van der Waals surface area contributed by atoms with Crippen molar-refractivity contribution >= 4 is 5.52 Å². The molecule has 212 valence electrons. The second kappa shape index (κ2) is 9.55. The molecule has 0 atom stereocenters. The average Bonchev–Trinajstić information content (AvgIpc) is 3.44. The van der Waals surface area contributed by atoms with Gasteiger partial charge < -0.3 is 9.30 Å². The second-order valence-corrected chi connectivity index (χ2v) is 11.3. The topological polar surface area (TPSA) is 69.6 Å². The number of ether oxygens (including phenoxy) is 1. The summed E-state index contributed by atoms with van der Waals surface area (Å²) in [5, 5.41) is 8.14. The van der Waals surface area contributed by atoms with E-state index in [-0.39, 0.29) is 17.5 Å². The van der Waals surface area contributed by atoms with E-state index < -0.39 is 23.1 Å². The number of halogens is 4. The maximum atomic E-state index is 14.2. The van der Waals surface area contributed by atoms with Crippen molar-refractivity contribution in [2.75, 3.05) is 26.3 Å². The van der Waals surface area contributed by atoms with Crippen LogP contribution in [0.25, 0.3) is 11.2 Å². The third kappa shape index (κ3) is 4.83. The number of piperidine rings is 1. The summed E-state index contributed by atoms with van der Waals surface area (Å²) in [5.41, 5.74) is -1.62. The van der Waals surface area contributed by atoms with Gasteiger partial charge in [-0.1, -0.05) is 12.1 Å². The number of imidazole rings is 1. The molecule has 0 amide bonds. The van der Waals surface area contributed by atoms with Gasteiger partial charge in [0.05, 0.1) is 30.0 Å². The Morgan fingerprint density at radius 2 is 1.85 bits per heavy atom. The van der Waals surface area contributed by atoms with E-state index in [1.165, 1.54) is 17.0 Å². The first-order valence-corrected chi connectivity index (χ1v) is 13.2. The van der Waals surface area contributed by atoms with Crippen LogP contribution in [0.2, 0.25) is 0 Å². The quantitative estimate of drug-likeness (QED) is 0.334. The van der Waals surface area contributed by atoms with Crippen molar-refractivity contribution in [1.29, 1.82) is 0 Å². The molecule has 2 saturated heterocycles. The average molecular weight is 559 g/mol. The van der Waals surface area contributed by atoms with E-state index in [9.17, 15) is 22.4 Å². The van der Waals surface area contributed by atoms with E-state index in [1.807, 2.05) is 28.6 Å². The first-order chi connectivity index (χ1) is 18.9. The van der Waals surface area contributed by atoms with E-state index in [1.54, 1.807) is 25.4 Å². The number of hydrogen-bond acceptors (Lipinski definition) is 5. The molecule has 0 radical (unpaired) electrons. The van der Waals surface area contributed by atoms with Gasteiger partial charge >= 0.3 is 11.9 Å². The van der Waals surface area contributed by atoms with Crippen LogP contribution < -0.4 is 5.69 Å². The molecule has 40 heavy (non-hydrogen) atoms. The SMILES string of the molecule is Cn1cnnc1CC1(c2cccc(-n3cc4c(C(F)(F)F)cc(CN5CCC(C)(F)CC5)cn4c3=O)c2)COC1. The Morgan fingerprint density at radius 3 is 2.48 bits per heavy atom. The summed E-state index contributed by atoms with van der Waals surface area (Å²) in [4.78, 5) is 15.5. The molecule has 2 aliphatic heterocycles. The van der Waals surface area contributed by atoms with Crippen molar-refractivity contribution in [3.05, 3.63) is 82.1 Å². The highest BCUT2D eigenvalue weighted by molar-refractivity contribution is 5.58. The summed E-state index contributed by atoms with van der Waals surface area (Å²) >= 11 is 0. The van der Waals surface area contributed by atoms with Crippen LogP contribution in [0.1, 0.15) is 42.3 Å². The number of benzene rings is 1. The highest BCUT2D eigenvalue weighted by Gasteiger charge is 2.42. The molecule has 5 heterocycles. The Hall–Kier alpha value is -3.51. The van der Waals surface area contributed by atoms with Crippen LogP contribution in [0.4, 0.5) is 17.6 Å². The molecule has 0 spiro atoms. The van der Waals surface area contributed by atoms with Crippen molar-refractivity contribution < 1.29 is 22.3 Å². The van der Waals surface area contributed by atoms with Crippen LogP contribution in [0, 0.1) is 0 Å². The molecule has 6 rings (SSSR count). The lowest BCUT2D eigenvalue weighted by atomic mass is 9.75. The number of aryl methyl sites for hydroxylation is 1. The van der Waals surface area contributed by atoms with Gasteiger partial charge in [-0.25, -0.2) is 9.18 Å². The fourth-order valence-electron chi connectivity index (χ4n) is 5.65. The fraction of sp³-hybridized carbons (Fsp3) is 0.464. The number of nitrogens with zero attached hydrogens (tertiary/aromatic N) is 6. The molecule has 2 fully saturated rings. The minimum Gasteiger partial charge on any atom is -0.379 e. The Balaban J connectivity index is 1.38. The van der Waals surface area contributed by atoms with Crippen LogP contribution in [-0.2, 0) is 36.3 Å². The molecule has 1 aromatic carbocycles. The second-order valence-electron chi connectivity index (χ2n) is 11.3. The fourth-order valence-corrected chi connectivity index (χ4v) is 5.65. The lowest BCUT2D eigenvalue weighted by Crippen LogP contribution is -2.49. The smallest absolute Gasteiger partial charge is 0.379 e. The Bertz CT molecular complexity index is 1600. The number of likely N-dealkylation sites (tertiary alicyclic amines) is 1. The summed E-state index contributed by atoms with van der Waals surface area (Å²) in [5.74, 6) is 0.785. The van der Waals surface area contributed by atoms with Crippen LogP contribution in [0.3, 0.4) is 0 Å². The minimum atomic E-state index is -4.66. The largest absolute Gasteiger partial charge is 0.418 e. The van der Waals surface area contributed by atoms with E-state index in [2.05, 4.69) is 10.2 Å². The zero-order chi connectivity index (χ0) is 28.3. The van der Waals surface area contributed by atoms with Gasteiger partial charge in [0.25, 0.3) is 0 Å². The number of rotatable bonds is 6. The van der Waals surface area contributed by atoms with E-state index in [4.69, 9.17) is 4.74 Å². The molecular weight excluding hydrogens is 528 g/mol. The zero-order valence-electron chi connectivity index (χ0n) is 22.3. The van der Waals surface area contributed by atoms with Crippen LogP contribution >= 0.6 is 0 Å². The zero-order valence-corrected chi connectivity index (χ0v) is 22.3. The maximum Gasteiger partial charge on any atom is 0.418 e. The van der Waals surface area contributed by atoms with E-state index >= 15 is 0 Å². The van der Waals surface area contributed by atoms with Crippen molar-refractivity contribution in [1.82, 2.24) is 28.6 Å². The van der Waals surface area contributed by atoms with Gasteiger partial charge in [-0.15, -0.1) is 10.2 Å². The van der Waals surface area contributed by atoms with Gasteiger partial charge in [0.2, 0.25) is 0 Å². The number of hydrogen-bond donors (Lipinski definition) is 0. The van der Waals surface area contributed by atoms with Crippen LogP contribution in [0.5, 0.6) is 0 Å². The predicted octanol–water partition coefficient (Wildman–Crippen LogP) is 4.07. The number of aromatic nitrogens is 5. The molecule has 8 nitrogen and oxygen atoms in total. The molecule has 0 unspecified atom stereocenters. The molecule has 0 saturated carbocycles. The third-order valence-corrected chi connectivity index (χ3v) is 8.23. The summed E-state index contributed by atoms with van der Waals surface area (Å²) in [7, 11) is 1.86. The van der Waals surface area contributed by atoms with Gasteiger partial charge in [0.15, 0.2) is 0 Å². The van der Waals surface area contributed by atoms with Crippen molar-refractivity contribution in [3.63, 3.8) is 0 Å². The summed E-state index contributed by atoms with van der Waals surface area (Å²) in [6, 6.07) is 8.36. The maximum absolute atomic E-state index is 14.2. The van der Waals surface area contributed by atoms with Gasteiger partial charge in [0.1, 0.15) is 17.8 Å². The van der Waals surface area contributed by atoms with E-state index in [0.29, 0.717) is 56.8 Å². The van der Waals surface area contributed by atoms with Crippen LogP contribution in [-0.4, -0.2) is 60.6 Å². The molecule has 0 bridgehead atoms. The molecule has 0 aliphatic carbocycles. The monoisotopic (exact) mass is 558 g/mol. The van der Waals surface area contributed by atoms with Crippen molar-refractivity contribution in [3.8, 4) is 5.69 Å². The number of pyridine rings is 1. The summed E-state index contributed by atoms with van der Waals surface area (Å²) < 4.78 is 66.5. The van der Waals surface area contributed by atoms with Crippen LogP contribution in [0.15, 0.2) is 53.8 Å². The van der Waals surface area contributed by atoms with Gasteiger partial charge in [-0.2, -0.15) is 13.2 Å². The number of alkyl halides is 4. The first-order valence-electron chi connectivity index (χ1n) is 13.2. The van der Waals surface area contributed by atoms with E-state index in [0.717, 1.165) is 21.9 Å².